The van der Waals surface area contributed by atoms with Crippen LogP contribution in [0.25, 0.3) is 5.70 Å². The van der Waals surface area contributed by atoms with Crippen LogP contribution in [0.15, 0.2) is 18.3 Å². The predicted octanol–water partition coefficient (Wildman–Crippen LogP) is 1.83. The van der Waals surface area contributed by atoms with E-state index in [4.69, 9.17) is 4.74 Å². The quantitative estimate of drug-likeness (QED) is 0.850. The Hall–Kier alpha value is -2.29. The fourth-order valence-electron chi connectivity index (χ4n) is 2.20. The molecule has 0 saturated heterocycles. The van der Waals surface area contributed by atoms with Gasteiger partial charge in [0.25, 0.3) is 0 Å². The normalized spacial score (nSPS) is 17.9. The maximum atomic E-state index is 13.3. The van der Waals surface area contributed by atoms with Crippen LogP contribution in [0.2, 0.25) is 0 Å². The van der Waals surface area contributed by atoms with Gasteiger partial charge in [-0.25, -0.2) is 15.2 Å². The van der Waals surface area contributed by atoms with Crippen LogP contribution in [0.4, 0.5) is 13.2 Å². The van der Waals surface area contributed by atoms with E-state index >= 15 is 0 Å². The number of esters is 1. The summed E-state index contributed by atoms with van der Waals surface area (Å²) in [5.74, 6) is -0.707. The Bertz CT molecular complexity index is 631. The summed E-state index contributed by atoms with van der Waals surface area (Å²) in [5.41, 5.74) is 1.86. The highest BCUT2D eigenvalue weighted by Gasteiger charge is 2.38. The molecule has 1 aromatic heterocycles. The zero-order chi connectivity index (χ0) is 17.2. The van der Waals surface area contributed by atoms with Gasteiger partial charge in [-0.15, -0.1) is 0 Å². The average Bonchev–Trinajstić information content (AvgIpc) is 2.88. The third-order valence-corrected chi connectivity index (χ3v) is 3.23. The first kappa shape index (κ1) is 17.1. The standard InChI is InChI=1S/C14H16F3N3O3/c1-4-23-12-5-9(14(15,16)17)8(7-18-12)11-6-10(13(21)22-3)19-20(11)2/h5-7,10,19H,4H2,1-3H3. The minimum atomic E-state index is -4.59. The van der Waals surface area contributed by atoms with Gasteiger partial charge in [-0.3, -0.25) is 0 Å². The lowest BCUT2D eigenvalue weighted by Gasteiger charge is -2.21. The monoisotopic (exact) mass is 331 g/mol. The Kier molecular flexibility index (Phi) is 4.79. The number of halogens is 3. The predicted molar refractivity (Wildman–Crippen MR) is 75.1 cm³/mol. The molecule has 0 fully saturated rings. The highest BCUT2D eigenvalue weighted by atomic mass is 19.4. The molecule has 1 aromatic rings. The lowest BCUT2D eigenvalue weighted by Crippen LogP contribution is -2.39. The number of carbonyl (C=O) groups excluding carboxylic acids is 1. The van der Waals surface area contributed by atoms with Crippen LogP contribution in [0.1, 0.15) is 18.1 Å². The van der Waals surface area contributed by atoms with Crippen LogP contribution in [0.3, 0.4) is 0 Å². The van der Waals surface area contributed by atoms with Gasteiger partial charge in [0.05, 0.1) is 25.0 Å². The third-order valence-electron chi connectivity index (χ3n) is 3.23. The van der Waals surface area contributed by atoms with Crippen molar-refractivity contribution >= 4 is 11.7 Å². The molecule has 1 atom stereocenters. The van der Waals surface area contributed by atoms with Gasteiger partial charge in [-0.1, -0.05) is 0 Å². The van der Waals surface area contributed by atoms with Gasteiger partial charge in [-0.05, 0) is 13.0 Å². The molecule has 1 unspecified atom stereocenters. The van der Waals surface area contributed by atoms with Crippen molar-refractivity contribution in [2.24, 2.45) is 0 Å². The van der Waals surface area contributed by atoms with E-state index in [9.17, 15) is 18.0 Å². The van der Waals surface area contributed by atoms with Crippen molar-refractivity contribution in [3.05, 3.63) is 29.5 Å². The third kappa shape index (κ3) is 3.55. The van der Waals surface area contributed by atoms with Gasteiger partial charge in [-0.2, -0.15) is 13.2 Å². The van der Waals surface area contributed by atoms with E-state index in [1.165, 1.54) is 25.2 Å². The molecular weight excluding hydrogens is 315 g/mol. The number of hydrazine groups is 1. The number of alkyl halides is 3. The molecule has 0 amide bonds. The lowest BCUT2D eigenvalue weighted by atomic mass is 10.1. The number of hydrogen-bond acceptors (Lipinski definition) is 6. The number of methoxy groups -OCH3 is 1. The van der Waals surface area contributed by atoms with Gasteiger partial charge in [0.1, 0.15) is 6.04 Å². The first-order valence-electron chi connectivity index (χ1n) is 6.77. The molecule has 6 nitrogen and oxygen atoms in total. The molecule has 0 aliphatic carbocycles. The zero-order valence-corrected chi connectivity index (χ0v) is 12.8. The van der Waals surface area contributed by atoms with Crippen molar-refractivity contribution in [1.82, 2.24) is 15.4 Å². The largest absolute Gasteiger partial charge is 0.478 e. The van der Waals surface area contributed by atoms with Crippen LogP contribution in [0, 0.1) is 0 Å². The van der Waals surface area contributed by atoms with E-state index < -0.39 is 23.8 Å². The molecular formula is C14H16F3N3O3. The first-order chi connectivity index (χ1) is 10.8. The van der Waals surface area contributed by atoms with E-state index in [0.29, 0.717) is 0 Å². The molecule has 0 aromatic carbocycles. The summed E-state index contributed by atoms with van der Waals surface area (Å²) < 4.78 is 49.6. The Morgan fingerprint density at radius 1 is 1.48 bits per heavy atom. The summed E-state index contributed by atoms with van der Waals surface area (Å²) in [6, 6.07) is -0.00781. The minimum absolute atomic E-state index is 0.109. The van der Waals surface area contributed by atoms with E-state index in [1.54, 1.807) is 6.92 Å². The molecule has 2 rings (SSSR count). The van der Waals surface area contributed by atoms with Crippen molar-refractivity contribution in [2.45, 2.75) is 19.1 Å². The number of rotatable bonds is 4. The van der Waals surface area contributed by atoms with Gasteiger partial charge >= 0.3 is 12.1 Å². The minimum Gasteiger partial charge on any atom is -0.478 e. The van der Waals surface area contributed by atoms with E-state index in [1.807, 2.05) is 0 Å². The number of nitrogens with zero attached hydrogens (tertiary/aromatic N) is 2. The van der Waals surface area contributed by atoms with Crippen molar-refractivity contribution < 1.29 is 27.4 Å². The Labute approximate surface area is 130 Å². The first-order valence-corrected chi connectivity index (χ1v) is 6.77. The number of carbonyl (C=O) groups is 1. The van der Waals surface area contributed by atoms with Crippen molar-refractivity contribution in [3.63, 3.8) is 0 Å². The number of hydrogen-bond donors (Lipinski definition) is 1. The molecule has 0 radical (unpaired) electrons. The van der Waals surface area contributed by atoms with Gasteiger partial charge in [0.15, 0.2) is 0 Å². The molecule has 0 spiro atoms. The Morgan fingerprint density at radius 3 is 2.74 bits per heavy atom. The summed E-state index contributed by atoms with van der Waals surface area (Å²) in [6.45, 7) is 1.86. The van der Waals surface area contributed by atoms with Crippen LogP contribution >= 0.6 is 0 Å². The summed E-state index contributed by atoms with van der Waals surface area (Å²) in [4.78, 5) is 15.4. The summed E-state index contributed by atoms with van der Waals surface area (Å²) in [6.07, 6.45) is -2.15. The molecule has 126 valence electrons. The second-order valence-electron chi connectivity index (χ2n) is 4.74. The van der Waals surface area contributed by atoms with Gasteiger partial charge < -0.3 is 14.5 Å². The number of nitrogens with one attached hydrogen (secondary N) is 1. The molecule has 9 heteroatoms. The number of aromatic nitrogens is 1. The second kappa shape index (κ2) is 6.45. The highest BCUT2D eigenvalue weighted by molar-refractivity contribution is 5.83. The van der Waals surface area contributed by atoms with Crippen LogP contribution in [-0.4, -0.2) is 42.8 Å². The maximum Gasteiger partial charge on any atom is 0.417 e. The average molecular weight is 331 g/mol. The van der Waals surface area contributed by atoms with Gasteiger partial charge in [0, 0.05) is 24.9 Å². The summed E-state index contributed by atoms with van der Waals surface area (Å²) in [5, 5.41) is 1.33. The second-order valence-corrected chi connectivity index (χ2v) is 4.74. The van der Waals surface area contributed by atoms with E-state index in [-0.39, 0.29) is 23.7 Å². The topological polar surface area (TPSA) is 63.7 Å². The molecule has 1 N–H and O–H groups in total. The molecule has 0 saturated carbocycles. The van der Waals surface area contributed by atoms with Crippen LogP contribution < -0.4 is 10.2 Å². The number of pyridine rings is 1. The van der Waals surface area contributed by atoms with Crippen molar-refractivity contribution in [2.75, 3.05) is 20.8 Å². The van der Waals surface area contributed by atoms with Crippen LogP contribution in [-0.2, 0) is 15.7 Å². The van der Waals surface area contributed by atoms with Crippen molar-refractivity contribution in [1.29, 1.82) is 0 Å². The summed E-state index contributed by atoms with van der Waals surface area (Å²) in [7, 11) is 2.71. The lowest BCUT2D eigenvalue weighted by molar-refractivity contribution is -0.142. The fourth-order valence-corrected chi connectivity index (χ4v) is 2.20. The smallest absolute Gasteiger partial charge is 0.417 e. The summed E-state index contributed by atoms with van der Waals surface area (Å²) >= 11 is 0. The molecule has 0 bridgehead atoms. The molecule has 2 heterocycles. The SMILES string of the molecule is CCOc1cc(C(F)(F)F)c(C2=CC(C(=O)OC)NN2C)cn1. The zero-order valence-electron chi connectivity index (χ0n) is 12.8. The Morgan fingerprint density at radius 2 is 2.17 bits per heavy atom. The Balaban J connectivity index is 2.48. The van der Waals surface area contributed by atoms with E-state index in [2.05, 4.69) is 15.1 Å². The number of ether oxygens (including phenoxy) is 2. The molecule has 1 aliphatic rings. The van der Waals surface area contributed by atoms with Crippen LogP contribution in [0.5, 0.6) is 5.88 Å². The molecule has 23 heavy (non-hydrogen) atoms. The maximum absolute atomic E-state index is 13.3. The van der Waals surface area contributed by atoms with Crippen molar-refractivity contribution in [3.8, 4) is 5.88 Å². The highest BCUT2D eigenvalue weighted by Crippen LogP contribution is 2.37. The fraction of sp³-hybridized carbons (Fsp3) is 0.429. The van der Waals surface area contributed by atoms with Gasteiger partial charge in [0.2, 0.25) is 5.88 Å². The molecule has 1 aliphatic heterocycles. The van der Waals surface area contributed by atoms with E-state index in [0.717, 1.165) is 12.3 Å².